The molecule has 0 aliphatic rings. The highest BCUT2D eigenvalue weighted by molar-refractivity contribution is 6.34. The van der Waals surface area contributed by atoms with Crippen molar-refractivity contribution in [1.29, 1.82) is 0 Å². The second-order valence-corrected chi connectivity index (χ2v) is 5.19. The molecule has 0 aliphatic carbocycles. The molecular formula is C15H15ClN2O2. The number of hydrogen-bond donors (Lipinski definition) is 2. The molecule has 4 nitrogen and oxygen atoms in total. The summed E-state index contributed by atoms with van der Waals surface area (Å²) in [5, 5.41) is 3.15. The fraction of sp³-hybridized carbons (Fsp3) is 0.200. The van der Waals surface area contributed by atoms with Crippen molar-refractivity contribution in [2.75, 3.05) is 5.32 Å². The summed E-state index contributed by atoms with van der Waals surface area (Å²) in [5.74, 6) is -0.472. The van der Waals surface area contributed by atoms with Gasteiger partial charge in [0.15, 0.2) is 5.43 Å². The first-order chi connectivity index (χ1) is 9.38. The number of H-pyrrole nitrogens is 1. The van der Waals surface area contributed by atoms with Gasteiger partial charge in [0.1, 0.15) is 5.56 Å². The number of carbonyl (C=O) groups is 1. The van der Waals surface area contributed by atoms with Crippen molar-refractivity contribution < 1.29 is 4.79 Å². The summed E-state index contributed by atoms with van der Waals surface area (Å²) < 4.78 is 0. The van der Waals surface area contributed by atoms with Crippen molar-refractivity contribution >= 4 is 23.2 Å². The van der Waals surface area contributed by atoms with Crippen molar-refractivity contribution in [2.24, 2.45) is 0 Å². The van der Waals surface area contributed by atoms with Gasteiger partial charge in [-0.05, 0) is 38.0 Å². The third-order valence-corrected chi connectivity index (χ3v) is 3.27. The number of anilines is 1. The molecule has 0 spiro atoms. The molecule has 0 saturated carbocycles. The van der Waals surface area contributed by atoms with E-state index in [1.807, 2.05) is 19.9 Å². The van der Waals surface area contributed by atoms with Gasteiger partial charge in [0.2, 0.25) is 0 Å². The molecule has 104 valence electrons. The number of benzene rings is 1. The molecule has 1 heterocycles. The van der Waals surface area contributed by atoms with E-state index in [0.717, 1.165) is 11.1 Å². The Labute approximate surface area is 121 Å². The van der Waals surface area contributed by atoms with Crippen LogP contribution in [0.25, 0.3) is 0 Å². The third-order valence-electron chi connectivity index (χ3n) is 2.97. The maximum absolute atomic E-state index is 12.1. The molecule has 20 heavy (non-hydrogen) atoms. The molecule has 1 aromatic carbocycles. The zero-order chi connectivity index (χ0) is 14.9. The van der Waals surface area contributed by atoms with Crippen LogP contribution in [0.2, 0.25) is 5.02 Å². The molecule has 0 radical (unpaired) electrons. The van der Waals surface area contributed by atoms with Crippen LogP contribution in [0.15, 0.2) is 29.2 Å². The van der Waals surface area contributed by atoms with Crippen LogP contribution in [0, 0.1) is 20.8 Å². The standard InChI is InChI=1S/C15H15ClN2O2/c1-8-4-9(2)14(12(16)5-8)18-15(20)11-7-17-10(3)6-13(11)19/h4-7H,1-3H3,(H,17,19)(H,18,20). The van der Waals surface area contributed by atoms with Crippen molar-refractivity contribution in [3.63, 3.8) is 0 Å². The zero-order valence-corrected chi connectivity index (χ0v) is 12.3. The molecule has 2 rings (SSSR count). The lowest BCUT2D eigenvalue weighted by Gasteiger charge is -2.11. The van der Waals surface area contributed by atoms with Crippen molar-refractivity contribution in [1.82, 2.24) is 4.98 Å². The molecule has 1 aromatic heterocycles. The first-order valence-electron chi connectivity index (χ1n) is 6.16. The number of halogens is 1. The van der Waals surface area contributed by atoms with Crippen LogP contribution >= 0.6 is 11.6 Å². The van der Waals surface area contributed by atoms with Gasteiger partial charge in [0.05, 0.1) is 10.7 Å². The quantitative estimate of drug-likeness (QED) is 0.892. The number of pyridine rings is 1. The highest BCUT2D eigenvalue weighted by atomic mass is 35.5. The molecule has 2 aromatic rings. The van der Waals surface area contributed by atoms with Crippen LogP contribution in [-0.4, -0.2) is 10.9 Å². The van der Waals surface area contributed by atoms with Gasteiger partial charge in [-0.1, -0.05) is 17.7 Å². The normalized spacial score (nSPS) is 10.4. The summed E-state index contributed by atoms with van der Waals surface area (Å²) in [5.41, 5.74) is 2.84. The van der Waals surface area contributed by atoms with Crippen LogP contribution in [0.3, 0.4) is 0 Å². The van der Waals surface area contributed by atoms with E-state index < -0.39 is 5.91 Å². The topological polar surface area (TPSA) is 62.0 Å². The Morgan fingerprint density at radius 3 is 2.50 bits per heavy atom. The van der Waals surface area contributed by atoms with Gasteiger partial charge in [-0.15, -0.1) is 0 Å². The molecule has 5 heteroatoms. The zero-order valence-electron chi connectivity index (χ0n) is 11.5. The number of rotatable bonds is 2. The largest absolute Gasteiger partial charge is 0.364 e. The van der Waals surface area contributed by atoms with Crippen molar-refractivity contribution in [2.45, 2.75) is 20.8 Å². The number of aryl methyl sites for hydroxylation is 3. The third kappa shape index (κ3) is 2.91. The van der Waals surface area contributed by atoms with E-state index in [1.165, 1.54) is 12.3 Å². The van der Waals surface area contributed by atoms with Crippen molar-refractivity contribution in [3.05, 3.63) is 62.0 Å². The molecular weight excluding hydrogens is 276 g/mol. The SMILES string of the molecule is Cc1cc(C)c(NC(=O)c2c[nH]c(C)cc2=O)c(Cl)c1. The monoisotopic (exact) mass is 290 g/mol. The minimum atomic E-state index is -0.472. The minimum Gasteiger partial charge on any atom is -0.364 e. The van der Waals surface area contributed by atoms with Crippen LogP contribution < -0.4 is 10.7 Å². The van der Waals surface area contributed by atoms with Crippen LogP contribution in [0.5, 0.6) is 0 Å². The molecule has 0 bridgehead atoms. The highest BCUT2D eigenvalue weighted by Crippen LogP contribution is 2.27. The van der Waals surface area contributed by atoms with Gasteiger partial charge < -0.3 is 10.3 Å². The fourth-order valence-electron chi connectivity index (χ4n) is 2.01. The molecule has 0 unspecified atom stereocenters. The van der Waals surface area contributed by atoms with E-state index >= 15 is 0 Å². The number of amides is 1. The fourth-order valence-corrected chi connectivity index (χ4v) is 2.37. The number of aromatic nitrogens is 1. The van der Waals surface area contributed by atoms with Crippen molar-refractivity contribution in [3.8, 4) is 0 Å². The predicted octanol–water partition coefficient (Wildman–Crippen LogP) is 3.21. The molecule has 0 aliphatic heterocycles. The van der Waals surface area contributed by atoms with E-state index in [0.29, 0.717) is 16.4 Å². The first kappa shape index (κ1) is 14.3. The Kier molecular flexibility index (Phi) is 3.95. The second-order valence-electron chi connectivity index (χ2n) is 4.79. The maximum Gasteiger partial charge on any atom is 0.261 e. The van der Waals surface area contributed by atoms with E-state index in [9.17, 15) is 9.59 Å². The van der Waals surface area contributed by atoms with Crippen LogP contribution in [-0.2, 0) is 0 Å². The first-order valence-corrected chi connectivity index (χ1v) is 6.53. The second kappa shape index (κ2) is 5.51. The van der Waals surface area contributed by atoms with Gasteiger partial charge in [-0.25, -0.2) is 0 Å². The highest BCUT2D eigenvalue weighted by Gasteiger charge is 2.14. The lowest BCUT2D eigenvalue weighted by Crippen LogP contribution is -2.22. The lowest BCUT2D eigenvalue weighted by molar-refractivity contribution is 0.102. The molecule has 0 saturated heterocycles. The Morgan fingerprint density at radius 2 is 1.90 bits per heavy atom. The number of hydrogen-bond acceptors (Lipinski definition) is 2. The summed E-state index contributed by atoms with van der Waals surface area (Å²) in [6, 6.07) is 5.07. The Morgan fingerprint density at radius 1 is 1.20 bits per heavy atom. The summed E-state index contributed by atoms with van der Waals surface area (Å²) >= 11 is 6.13. The van der Waals surface area contributed by atoms with Gasteiger partial charge in [0, 0.05) is 18.0 Å². The van der Waals surface area contributed by atoms with E-state index in [4.69, 9.17) is 11.6 Å². The Hall–Kier alpha value is -2.07. The van der Waals surface area contributed by atoms with E-state index in [-0.39, 0.29) is 11.0 Å². The predicted molar refractivity (Wildman–Crippen MR) is 80.7 cm³/mol. The number of aromatic amines is 1. The minimum absolute atomic E-state index is 0.0617. The number of carbonyl (C=O) groups excluding carboxylic acids is 1. The molecule has 1 amide bonds. The molecule has 0 fully saturated rings. The van der Waals surface area contributed by atoms with E-state index in [2.05, 4.69) is 10.3 Å². The summed E-state index contributed by atoms with van der Waals surface area (Å²) in [6.07, 6.45) is 1.41. The molecule has 2 N–H and O–H groups in total. The van der Waals surface area contributed by atoms with Crippen LogP contribution in [0.4, 0.5) is 5.69 Å². The summed E-state index contributed by atoms with van der Waals surface area (Å²) in [4.78, 5) is 26.8. The Balaban J connectivity index is 2.35. The average Bonchev–Trinajstić information content (AvgIpc) is 2.33. The summed E-state index contributed by atoms with van der Waals surface area (Å²) in [7, 11) is 0. The van der Waals surface area contributed by atoms with Crippen LogP contribution in [0.1, 0.15) is 27.2 Å². The van der Waals surface area contributed by atoms with Gasteiger partial charge >= 0.3 is 0 Å². The molecule has 0 atom stereocenters. The van der Waals surface area contributed by atoms with Gasteiger partial charge in [-0.2, -0.15) is 0 Å². The maximum atomic E-state index is 12.1. The summed E-state index contributed by atoms with van der Waals surface area (Å²) in [6.45, 7) is 5.53. The lowest BCUT2D eigenvalue weighted by atomic mass is 10.1. The van der Waals surface area contributed by atoms with E-state index in [1.54, 1.807) is 13.0 Å². The average molecular weight is 291 g/mol. The Bertz CT molecular complexity index is 712. The van der Waals surface area contributed by atoms with Gasteiger partial charge in [-0.3, -0.25) is 9.59 Å². The van der Waals surface area contributed by atoms with Gasteiger partial charge in [0.25, 0.3) is 5.91 Å². The smallest absolute Gasteiger partial charge is 0.261 e. The number of nitrogens with one attached hydrogen (secondary N) is 2.